The lowest BCUT2D eigenvalue weighted by molar-refractivity contribution is -0.0640. The van der Waals surface area contributed by atoms with Gasteiger partial charge in [-0.3, -0.25) is 4.79 Å². The Morgan fingerprint density at radius 2 is 2.37 bits per heavy atom. The molecular weight excluding hydrogens is 246 g/mol. The summed E-state index contributed by atoms with van der Waals surface area (Å²) in [5.41, 5.74) is 0.874. The van der Waals surface area contributed by atoms with Gasteiger partial charge in [0, 0.05) is 19.3 Å². The van der Waals surface area contributed by atoms with E-state index < -0.39 is 0 Å². The number of fused-ring (bicyclic) bond motifs is 1. The monoisotopic (exact) mass is 265 g/mol. The maximum atomic E-state index is 12.6. The first-order valence-electron chi connectivity index (χ1n) is 6.72. The van der Waals surface area contributed by atoms with E-state index in [9.17, 15) is 4.79 Å². The van der Waals surface area contributed by atoms with Crippen molar-refractivity contribution in [3.8, 4) is 0 Å². The molecule has 0 bridgehead atoms. The number of hydrogen-bond acceptors (Lipinski definition) is 4. The van der Waals surface area contributed by atoms with Gasteiger partial charge in [-0.05, 0) is 25.8 Å². The summed E-state index contributed by atoms with van der Waals surface area (Å²) in [5.74, 6) is 0.378. The first-order valence-corrected chi connectivity index (χ1v) is 6.72. The molecule has 2 aliphatic heterocycles. The van der Waals surface area contributed by atoms with Crippen molar-refractivity contribution in [1.29, 1.82) is 0 Å². The third kappa shape index (κ3) is 2.07. The average Bonchev–Trinajstić information content (AvgIpc) is 3.01. The topological polar surface area (TPSA) is 51.9 Å². The quantitative estimate of drug-likeness (QED) is 0.815. The lowest BCUT2D eigenvalue weighted by Crippen LogP contribution is -2.43. The fraction of sp³-hybridized carbons (Fsp3) is 0.643. The minimum Gasteiger partial charge on any atom is -0.459 e. The van der Waals surface area contributed by atoms with Crippen LogP contribution in [-0.4, -0.2) is 49.3 Å². The van der Waals surface area contributed by atoms with Crippen LogP contribution in [0, 0.1) is 6.92 Å². The minimum atomic E-state index is -0.0532. The van der Waals surface area contributed by atoms with Gasteiger partial charge in [-0.15, -0.1) is 0 Å². The molecule has 0 saturated carbocycles. The van der Waals surface area contributed by atoms with Crippen LogP contribution in [0.2, 0.25) is 0 Å². The van der Waals surface area contributed by atoms with Crippen molar-refractivity contribution < 1.29 is 18.7 Å². The lowest BCUT2D eigenvalue weighted by Gasteiger charge is -2.31. The smallest absolute Gasteiger partial charge is 0.290 e. The van der Waals surface area contributed by atoms with Gasteiger partial charge in [-0.25, -0.2) is 0 Å². The molecule has 5 nitrogen and oxygen atoms in total. The first-order chi connectivity index (χ1) is 9.22. The highest BCUT2D eigenvalue weighted by Gasteiger charge is 2.47. The van der Waals surface area contributed by atoms with E-state index in [2.05, 4.69) is 0 Å². The van der Waals surface area contributed by atoms with Crippen molar-refractivity contribution in [2.24, 2.45) is 0 Å². The van der Waals surface area contributed by atoms with Gasteiger partial charge in [-0.1, -0.05) is 0 Å². The zero-order valence-electron chi connectivity index (χ0n) is 11.3. The third-order valence-corrected chi connectivity index (χ3v) is 4.10. The predicted molar refractivity (Wildman–Crippen MR) is 68.0 cm³/mol. The molecule has 0 radical (unpaired) electrons. The van der Waals surface area contributed by atoms with Gasteiger partial charge in [0.05, 0.1) is 18.8 Å². The third-order valence-electron chi connectivity index (χ3n) is 4.10. The van der Waals surface area contributed by atoms with Crippen LogP contribution in [0.3, 0.4) is 0 Å². The van der Waals surface area contributed by atoms with Gasteiger partial charge in [0.1, 0.15) is 12.2 Å². The van der Waals surface area contributed by atoms with E-state index in [1.54, 1.807) is 13.4 Å². The van der Waals surface area contributed by atoms with E-state index >= 15 is 0 Å². The second-order valence-corrected chi connectivity index (χ2v) is 5.21. The van der Waals surface area contributed by atoms with E-state index in [4.69, 9.17) is 13.9 Å². The Kier molecular flexibility index (Phi) is 3.33. The molecule has 2 aliphatic rings. The summed E-state index contributed by atoms with van der Waals surface area (Å²) >= 11 is 0. The van der Waals surface area contributed by atoms with E-state index in [-0.39, 0.29) is 24.2 Å². The highest BCUT2D eigenvalue weighted by molar-refractivity contribution is 5.93. The Bertz CT molecular complexity index is 470. The fourth-order valence-corrected chi connectivity index (χ4v) is 3.07. The van der Waals surface area contributed by atoms with Gasteiger partial charge < -0.3 is 18.8 Å². The fourth-order valence-electron chi connectivity index (χ4n) is 3.07. The number of rotatable bonds is 2. The summed E-state index contributed by atoms with van der Waals surface area (Å²) in [6.07, 6.45) is 3.47. The zero-order valence-corrected chi connectivity index (χ0v) is 11.3. The number of ether oxygens (including phenoxy) is 2. The van der Waals surface area contributed by atoms with Gasteiger partial charge >= 0.3 is 0 Å². The van der Waals surface area contributed by atoms with E-state index in [1.807, 2.05) is 17.9 Å². The Balaban J connectivity index is 1.84. The van der Waals surface area contributed by atoms with Crippen LogP contribution < -0.4 is 0 Å². The number of amides is 1. The van der Waals surface area contributed by atoms with Crippen LogP contribution >= 0.6 is 0 Å². The molecule has 0 aromatic carbocycles. The molecule has 3 heterocycles. The second-order valence-electron chi connectivity index (χ2n) is 5.21. The lowest BCUT2D eigenvalue weighted by atomic mass is 10.0. The largest absolute Gasteiger partial charge is 0.459 e. The van der Waals surface area contributed by atoms with Crippen LogP contribution in [-0.2, 0) is 9.47 Å². The van der Waals surface area contributed by atoms with E-state index in [1.165, 1.54) is 0 Å². The van der Waals surface area contributed by atoms with Crippen molar-refractivity contribution in [3.05, 3.63) is 23.7 Å². The Morgan fingerprint density at radius 1 is 1.53 bits per heavy atom. The highest BCUT2D eigenvalue weighted by atomic mass is 16.5. The predicted octanol–water partition coefficient (Wildman–Crippen LogP) is 1.61. The number of methoxy groups -OCH3 is 1. The molecule has 104 valence electrons. The maximum Gasteiger partial charge on any atom is 0.290 e. The standard InChI is InChI=1S/C14H19NO4/c1-9-5-7-19-12(9)14(16)15-8-11(17-2)13-10(15)4-3-6-18-13/h5,7,10-11,13H,3-4,6,8H2,1-2H3/t10-,11-,13+/m1/s1. The molecule has 0 unspecified atom stereocenters. The Labute approximate surface area is 112 Å². The van der Waals surface area contributed by atoms with Crippen LogP contribution in [0.5, 0.6) is 0 Å². The molecule has 0 N–H and O–H groups in total. The van der Waals surface area contributed by atoms with Gasteiger partial charge in [-0.2, -0.15) is 0 Å². The zero-order chi connectivity index (χ0) is 13.4. The SMILES string of the molecule is CO[C@@H]1CN(C(=O)c2occc2C)[C@@H]2CCCO[C@@H]21. The van der Waals surface area contributed by atoms with Crippen molar-refractivity contribution in [1.82, 2.24) is 4.90 Å². The van der Waals surface area contributed by atoms with Crippen molar-refractivity contribution in [3.63, 3.8) is 0 Å². The Hall–Kier alpha value is -1.33. The van der Waals surface area contributed by atoms with Gasteiger partial charge in [0.25, 0.3) is 5.91 Å². The molecule has 0 aliphatic carbocycles. The number of carbonyl (C=O) groups excluding carboxylic acids is 1. The summed E-state index contributed by atoms with van der Waals surface area (Å²) in [4.78, 5) is 14.4. The number of nitrogens with zero attached hydrogens (tertiary/aromatic N) is 1. The molecule has 3 atom stereocenters. The number of hydrogen-bond donors (Lipinski definition) is 0. The van der Waals surface area contributed by atoms with Crippen molar-refractivity contribution in [2.45, 2.75) is 38.0 Å². The Morgan fingerprint density at radius 3 is 3.05 bits per heavy atom. The first kappa shape index (κ1) is 12.7. The number of carbonyl (C=O) groups is 1. The van der Waals surface area contributed by atoms with Crippen LogP contribution in [0.1, 0.15) is 29.0 Å². The maximum absolute atomic E-state index is 12.6. The molecule has 3 rings (SSSR count). The van der Waals surface area contributed by atoms with Gasteiger partial charge in [0.15, 0.2) is 5.76 Å². The number of aryl methyl sites for hydroxylation is 1. The molecule has 0 spiro atoms. The molecule has 5 heteroatoms. The average molecular weight is 265 g/mol. The normalized spacial score (nSPS) is 30.4. The summed E-state index contributed by atoms with van der Waals surface area (Å²) in [6.45, 7) is 3.21. The van der Waals surface area contributed by atoms with Crippen LogP contribution in [0.4, 0.5) is 0 Å². The molecular formula is C14H19NO4. The molecule has 2 saturated heterocycles. The summed E-state index contributed by atoms with van der Waals surface area (Å²) in [6, 6.07) is 1.92. The van der Waals surface area contributed by atoms with Crippen LogP contribution in [0.25, 0.3) is 0 Å². The van der Waals surface area contributed by atoms with E-state index in [0.717, 1.165) is 25.0 Å². The van der Waals surface area contributed by atoms with Crippen LogP contribution in [0.15, 0.2) is 16.7 Å². The number of furan rings is 1. The molecule has 2 fully saturated rings. The summed E-state index contributed by atoms with van der Waals surface area (Å²) < 4.78 is 16.6. The number of likely N-dealkylation sites (tertiary alicyclic amines) is 1. The van der Waals surface area contributed by atoms with Crippen molar-refractivity contribution >= 4 is 5.91 Å². The molecule has 19 heavy (non-hydrogen) atoms. The van der Waals surface area contributed by atoms with Gasteiger partial charge in [0.2, 0.25) is 0 Å². The van der Waals surface area contributed by atoms with Crippen molar-refractivity contribution in [2.75, 3.05) is 20.3 Å². The van der Waals surface area contributed by atoms with E-state index in [0.29, 0.717) is 12.3 Å². The summed E-state index contributed by atoms with van der Waals surface area (Å²) in [7, 11) is 1.67. The summed E-state index contributed by atoms with van der Waals surface area (Å²) in [5, 5.41) is 0. The highest BCUT2D eigenvalue weighted by Crippen LogP contribution is 2.31. The molecule has 1 amide bonds. The minimum absolute atomic E-state index is 0.00188. The second kappa shape index (κ2) is 4.98. The molecule has 1 aromatic rings. The molecule has 1 aromatic heterocycles.